The van der Waals surface area contributed by atoms with Gasteiger partial charge in [0.15, 0.2) is 0 Å². The van der Waals surface area contributed by atoms with Crippen LogP contribution >= 0.6 is 11.8 Å². The average Bonchev–Trinajstić information content (AvgIpc) is 2.29. The van der Waals surface area contributed by atoms with Crippen molar-refractivity contribution in [1.82, 2.24) is 9.97 Å². The monoisotopic (exact) mass is 239 g/mol. The molecule has 4 nitrogen and oxygen atoms in total. The van der Waals surface area contributed by atoms with Crippen LogP contribution in [0.2, 0.25) is 0 Å². The molecule has 1 aliphatic carbocycles. The highest BCUT2D eigenvalue weighted by Crippen LogP contribution is 2.42. The van der Waals surface area contributed by atoms with Gasteiger partial charge in [-0.15, -0.1) is 0 Å². The number of ether oxygens (including phenoxy) is 1. The van der Waals surface area contributed by atoms with Gasteiger partial charge in [-0.25, -0.2) is 9.97 Å². The molecule has 0 atom stereocenters. The minimum Gasteiger partial charge on any atom is -0.481 e. The fourth-order valence-corrected chi connectivity index (χ4v) is 2.74. The number of thioether (sulfide) groups is 1. The Kier molecular flexibility index (Phi) is 3.53. The van der Waals surface area contributed by atoms with E-state index >= 15 is 0 Å². The highest BCUT2D eigenvalue weighted by atomic mass is 32.2. The third-order valence-corrected chi connectivity index (χ3v) is 4.56. The van der Waals surface area contributed by atoms with Crippen LogP contribution in [0.15, 0.2) is 12.4 Å². The summed E-state index contributed by atoms with van der Waals surface area (Å²) in [4.78, 5) is 8.15. The predicted octanol–water partition coefficient (Wildman–Crippen LogP) is 2.18. The van der Waals surface area contributed by atoms with Gasteiger partial charge in [0.1, 0.15) is 12.1 Å². The third-order valence-electron chi connectivity index (χ3n) is 3.14. The lowest BCUT2D eigenvalue weighted by molar-refractivity contribution is 0.379. The number of nitrogens with one attached hydrogen (secondary N) is 1. The van der Waals surface area contributed by atoms with E-state index in [0.717, 1.165) is 12.4 Å². The highest BCUT2D eigenvalue weighted by molar-refractivity contribution is 8.00. The molecule has 16 heavy (non-hydrogen) atoms. The van der Waals surface area contributed by atoms with Crippen molar-refractivity contribution in [2.45, 2.75) is 24.0 Å². The number of nitrogens with zero attached hydrogens (tertiary/aromatic N) is 2. The first-order valence-corrected chi connectivity index (χ1v) is 6.65. The summed E-state index contributed by atoms with van der Waals surface area (Å²) in [5.74, 6) is 1.44. The summed E-state index contributed by atoms with van der Waals surface area (Å²) < 4.78 is 5.47. The largest absolute Gasteiger partial charge is 0.481 e. The first-order chi connectivity index (χ1) is 7.78. The summed E-state index contributed by atoms with van der Waals surface area (Å²) in [7, 11) is 1.61. The van der Waals surface area contributed by atoms with Crippen LogP contribution in [0.25, 0.3) is 0 Å². The Morgan fingerprint density at radius 3 is 2.88 bits per heavy atom. The summed E-state index contributed by atoms with van der Waals surface area (Å²) in [6, 6.07) is 1.83. The number of aromatic nitrogens is 2. The topological polar surface area (TPSA) is 47.0 Å². The molecule has 1 aromatic rings. The van der Waals surface area contributed by atoms with Crippen molar-refractivity contribution >= 4 is 17.6 Å². The number of anilines is 1. The van der Waals surface area contributed by atoms with Gasteiger partial charge in [-0.3, -0.25) is 0 Å². The number of methoxy groups -OCH3 is 1. The van der Waals surface area contributed by atoms with Crippen molar-refractivity contribution in [3.8, 4) is 5.88 Å². The summed E-state index contributed by atoms with van der Waals surface area (Å²) in [5, 5.41) is 3.36. The van der Waals surface area contributed by atoms with Crippen LogP contribution in [0.5, 0.6) is 5.88 Å². The van der Waals surface area contributed by atoms with Crippen LogP contribution < -0.4 is 10.1 Å². The Labute approximate surface area is 100 Å². The zero-order chi connectivity index (χ0) is 11.4. The van der Waals surface area contributed by atoms with E-state index in [9.17, 15) is 0 Å². The Hall–Kier alpha value is -0.970. The van der Waals surface area contributed by atoms with Gasteiger partial charge in [0.05, 0.1) is 7.11 Å². The lowest BCUT2D eigenvalue weighted by atomic mass is 9.84. The van der Waals surface area contributed by atoms with E-state index in [1.165, 1.54) is 25.6 Å². The molecule has 0 unspecified atom stereocenters. The van der Waals surface area contributed by atoms with Crippen molar-refractivity contribution < 1.29 is 4.74 Å². The summed E-state index contributed by atoms with van der Waals surface area (Å²) in [6.45, 7) is 0.967. The van der Waals surface area contributed by atoms with E-state index in [4.69, 9.17) is 4.74 Å². The first kappa shape index (κ1) is 11.5. The van der Waals surface area contributed by atoms with Gasteiger partial charge < -0.3 is 10.1 Å². The minimum absolute atomic E-state index is 0.415. The van der Waals surface area contributed by atoms with Gasteiger partial charge >= 0.3 is 0 Å². The van der Waals surface area contributed by atoms with Gasteiger partial charge in [-0.1, -0.05) is 6.42 Å². The third kappa shape index (κ3) is 2.40. The summed E-state index contributed by atoms with van der Waals surface area (Å²) in [5.41, 5.74) is 0. The maximum absolute atomic E-state index is 5.06. The Bertz CT molecular complexity index is 349. The van der Waals surface area contributed by atoms with E-state index in [-0.39, 0.29) is 0 Å². The lowest BCUT2D eigenvalue weighted by Crippen LogP contribution is -2.40. The molecule has 0 amide bonds. The lowest BCUT2D eigenvalue weighted by Gasteiger charge is -2.40. The molecule has 1 heterocycles. The second-order valence-corrected chi connectivity index (χ2v) is 5.31. The molecule has 1 saturated carbocycles. The number of rotatable bonds is 5. The molecule has 0 radical (unpaired) electrons. The molecule has 0 aliphatic heterocycles. The minimum atomic E-state index is 0.415. The van der Waals surface area contributed by atoms with Crippen LogP contribution in [-0.4, -0.2) is 34.6 Å². The molecule has 88 valence electrons. The van der Waals surface area contributed by atoms with Crippen LogP contribution in [0, 0.1) is 0 Å². The van der Waals surface area contributed by atoms with Crippen LogP contribution in [0.1, 0.15) is 19.3 Å². The summed E-state index contributed by atoms with van der Waals surface area (Å²) >= 11 is 1.95. The Morgan fingerprint density at radius 1 is 1.50 bits per heavy atom. The Balaban J connectivity index is 1.93. The first-order valence-electron chi connectivity index (χ1n) is 5.43. The van der Waals surface area contributed by atoms with E-state index in [2.05, 4.69) is 21.5 Å². The van der Waals surface area contributed by atoms with Crippen molar-refractivity contribution in [3.05, 3.63) is 12.4 Å². The van der Waals surface area contributed by atoms with E-state index in [0.29, 0.717) is 10.6 Å². The van der Waals surface area contributed by atoms with Crippen molar-refractivity contribution in [2.24, 2.45) is 0 Å². The van der Waals surface area contributed by atoms with Crippen molar-refractivity contribution in [2.75, 3.05) is 25.2 Å². The molecule has 1 N–H and O–H groups in total. The smallest absolute Gasteiger partial charge is 0.218 e. The molecule has 1 fully saturated rings. The maximum Gasteiger partial charge on any atom is 0.218 e. The van der Waals surface area contributed by atoms with Gasteiger partial charge in [0, 0.05) is 17.4 Å². The fraction of sp³-hybridized carbons (Fsp3) is 0.636. The standard InChI is InChI=1S/C11H17N3OS/c1-15-10-6-9(13-8-14-10)12-7-11(16-2)4-3-5-11/h6,8H,3-5,7H2,1-2H3,(H,12,13,14). The molecule has 2 rings (SSSR count). The second-order valence-electron chi connectivity index (χ2n) is 4.04. The molecule has 0 spiro atoms. The molecule has 0 saturated heterocycles. The van der Waals surface area contributed by atoms with Gasteiger partial charge in [0.2, 0.25) is 5.88 Å². The second kappa shape index (κ2) is 4.91. The van der Waals surface area contributed by atoms with Crippen LogP contribution in [-0.2, 0) is 0 Å². The summed E-state index contributed by atoms with van der Waals surface area (Å²) in [6.07, 6.45) is 7.64. The number of hydrogen-bond acceptors (Lipinski definition) is 5. The highest BCUT2D eigenvalue weighted by Gasteiger charge is 2.35. The molecule has 1 aromatic heterocycles. The van der Waals surface area contributed by atoms with Crippen molar-refractivity contribution in [3.63, 3.8) is 0 Å². The zero-order valence-electron chi connectivity index (χ0n) is 9.69. The van der Waals surface area contributed by atoms with Gasteiger partial charge in [-0.2, -0.15) is 11.8 Å². The molecule has 5 heteroatoms. The SMILES string of the molecule is COc1cc(NCC2(SC)CCC2)ncn1. The molecule has 1 aliphatic rings. The molecular weight excluding hydrogens is 222 g/mol. The van der Waals surface area contributed by atoms with Gasteiger partial charge in [0.25, 0.3) is 0 Å². The average molecular weight is 239 g/mol. The zero-order valence-corrected chi connectivity index (χ0v) is 10.5. The maximum atomic E-state index is 5.06. The quantitative estimate of drug-likeness (QED) is 0.853. The fourth-order valence-electron chi connectivity index (χ4n) is 1.82. The Morgan fingerprint density at radius 2 is 2.31 bits per heavy atom. The molecule has 0 bridgehead atoms. The van der Waals surface area contributed by atoms with E-state index in [1.807, 2.05) is 17.8 Å². The van der Waals surface area contributed by atoms with Crippen LogP contribution in [0.3, 0.4) is 0 Å². The van der Waals surface area contributed by atoms with E-state index < -0.39 is 0 Å². The molecular formula is C11H17N3OS. The van der Waals surface area contributed by atoms with Gasteiger partial charge in [-0.05, 0) is 19.1 Å². The van der Waals surface area contributed by atoms with E-state index in [1.54, 1.807) is 7.11 Å². The number of hydrogen-bond donors (Lipinski definition) is 1. The van der Waals surface area contributed by atoms with Crippen molar-refractivity contribution in [1.29, 1.82) is 0 Å². The normalized spacial score (nSPS) is 17.6. The predicted molar refractivity (Wildman–Crippen MR) is 67.2 cm³/mol. The molecule has 0 aromatic carbocycles. The van der Waals surface area contributed by atoms with Crippen LogP contribution in [0.4, 0.5) is 5.82 Å².